The first kappa shape index (κ1) is 29.0. The number of anilines is 1. The van der Waals surface area contributed by atoms with E-state index in [0.29, 0.717) is 56.6 Å². The monoisotopic (exact) mass is 552 g/mol. The van der Waals surface area contributed by atoms with Gasteiger partial charge in [-0.05, 0) is 36.6 Å². The maximum Gasteiger partial charge on any atom is 0.324 e. The number of urea groups is 1. The molecule has 4 amide bonds. The number of carbonyl (C=O) groups excluding carboxylic acids is 3. The molecule has 216 valence electrons. The third kappa shape index (κ3) is 7.16. The Hall–Kier alpha value is -3.95. The topological polar surface area (TPSA) is 101 Å². The van der Waals surface area contributed by atoms with Gasteiger partial charge < -0.3 is 29.3 Å². The molecule has 2 fully saturated rings. The normalized spacial score (nSPS) is 15.6. The van der Waals surface area contributed by atoms with Crippen LogP contribution in [-0.4, -0.2) is 81.2 Å². The predicted octanol–water partition coefficient (Wildman–Crippen LogP) is 3.61. The van der Waals surface area contributed by atoms with Gasteiger partial charge in [-0.1, -0.05) is 31.9 Å². The van der Waals surface area contributed by atoms with Crippen LogP contribution < -0.4 is 24.4 Å². The van der Waals surface area contributed by atoms with E-state index >= 15 is 0 Å². The smallest absolute Gasteiger partial charge is 0.324 e. The lowest BCUT2D eigenvalue weighted by Crippen LogP contribution is -2.50. The number of ether oxygens (including phenoxy) is 3. The van der Waals surface area contributed by atoms with Crippen LogP contribution in [0.2, 0.25) is 0 Å². The molecule has 0 aromatic heterocycles. The summed E-state index contributed by atoms with van der Waals surface area (Å²) in [5.41, 5.74) is 2.43. The second-order valence-electron chi connectivity index (χ2n) is 10.1. The van der Waals surface area contributed by atoms with Crippen LogP contribution in [0.5, 0.6) is 17.2 Å². The molecule has 2 aliphatic rings. The summed E-state index contributed by atoms with van der Waals surface area (Å²) in [7, 11) is 3.20. The van der Waals surface area contributed by atoms with Crippen LogP contribution in [0.1, 0.15) is 43.7 Å². The molecule has 2 heterocycles. The fourth-order valence-electron chi connectivity index (χ4n) is 5.02. The molecule has 0 spiro atoms. The van der Waals surface area contributed by atoms with Crippen LogP contribution in [0.3, 0.4) is 0 Å². The van der Waals surface area contributed by atoms with Gasteiger partial charge in [-0.3, -0.25) is 14.5 Å². The van der Waals surface area contributed by atoms with Crippen molar-refractivity contribution in [1.82, 2.24) is 15.1 Å². The summed E-state index contributed by atoms with van der Waals surface area (Å²) in [6, 6.07) is 11.2. The van der Waals surface area contributed by atoms with Crippen molar-refractivity contribution in [2.75, 3.05) is 58.5 Å². The van der Waals surface area contributed by atoms with Crippen LogP contribution in [0.15, 0.2) is 36.4 Å². The molecular formula is C30H40N4O6. The van der Waals surface area contributed by atoms with Crippen molar-refractivity contribution in [3.05, 3.63) is 47.5 Å². The van der Waals surface area contributed by atoms with Crippen molar-refractivity contribution in [3.63, 3.8) is 0 Å². The summed E-state index contributed by atoms with van der Waals surface area (Å²) < 4.78 is 17.1. The first-order valence-corrected chi connectivity index (χ1v) is 14.0. The number of nitrogens with zero attached hydrogens (tertiary/aromatic N) is 3. The van der Waals surface area contributed by atoms with Gasteiger partial charge in [-0.2, -0.15) is 0 Å². The van der Waals surface area contributed by atoms with Gasteiger partial charge in [-0.25, -0.2) is 4.79 Å². The van der Waals surface area contributed by atoms with Crippen LogP contribution in [0, 0.1) is 0 Å². The first-order chi connectivity index (χ1) is 19.4. The highest BCUT2D eigenvalue weighted by atomic mass is 16.5. The molecule has 1 N–H and O–H groups in total. The zero-order valence-corrected chi connectivity index (χ0v) is 23.7. The molecule has 0 unspecified atom stereocenters. The zero-order chi connectivity index (χ0) is 28.5. The minimum atomic E-state index is -0.141. The van der Waals surface area contributed by atoms with E-state index in [4.69, 9.17) is 14.2 Å². The molecule has 2 aromatic rings. The van der Waals surface area contributed by atoms with E-state index in [1.165, 1.54) is 0 Å². The Morgan fingerprint density at radius 2 is 1.77 bits per heavy atom. The number of methoxy groups -OCH3 is 2. The van der Waals surface area contributed by atoms with E-state index in [1.807, 2.05) is 41.3 Å². The molecule has 0 bridgehead atoms. The molecule has 2 aliphatic heterocycles. The molecular weight excluding hydrogens is 512 g/mol. The Morgan fingerprint density at radius 1 is 0.950 bits per heavy atom. The second-order valence-corrected chi connectivity index (χ2v) is 10.1. The molecule has 10 heteroatoms. The Kier molecular flexibility index (Phi) is 10.1. The predicted molar refractivity (Wildman–Crippen MR) is 152 cm³/mol. The van der Waals surface area contributed by atoms with E-state index < -0.39 is 0 Å². The highest BCUT2D eigenvalue weighted by molar-refractivity contribution is 5.93. The number of hydrogen-bond acceptors (Lipinski definition) is 6. The fourth-order valence-corrected chi connectivity index (χ4v) is 5.02. The number of carbonyl (C=O) groups is 3. The summed E-state index contributed by atoms with van der Waals surface area (Å²) in [6.45, 7) is 5.44. The van der Waals surface area contributed by atoms with E-state index in [1.54, 1.807) is 24.0 Å². The van der Waals surface area contributed by atoms with Crippen LogP contribution in [-0.2, 0) is 22.6 Å². The summed E-state index contributed by atoms with van der Waals surface area (Å²) in [4.78, 5) is 43.1. The molecule has 0 saturated carbocycles. The van der Waals surface area contributed by atoms with Crippen molar-refractivity contribution < 1.29 is 28.6 Å². The first-order valence-electron chi connectivity index (χ1n) is 14.0. The molecule has 0 aliphatic carbocycles. The third-order valence-corrected chi connectivity index (χ3v) is 7.23. The number of rotatable bonds is 12. The van der Waals surface area contributed by atoms with Gasteiger partial charge >= 0.3 is 6.03 Å². The van der Waals surface area contributed by atoms with Gasteiger partial charge in [0.2, 0.25) is 11.8 Å². The lowest BCUT2D eigenvalue weighted by atomic mass is 10.1. The lowest BCUT2D eigenvalue weighted by Gasteiger charge is -2.36. The largest absolute Gasteiger partial charge is 0.496 e. The van der Waals surface area contributed by atoms with Crippen molar-refractivity contribution in [2.24, 2.45) is 0 Å². The summed E-state index contributed by atoms with van der Waals surface area (Å²) in [5, 5.41) is 2.73. The maximum absolute atomic E-state index is 13.6. The average Bonchev–Trinajstić information content (AvgIpc) is 2.97. The third-order valence-electron chi connectivity index (χ3n) is 7.23. The number of amides is 4. The summed E-state index contributed by atoms with van der Waals surface area (Å²) in [6.07, 6.45) is 4.18. The van der Waals surface area contributed by atoms with Gasteiger partial charge in [0.15, 0.2) is 11.5 Å². The highest BCUT2D eigenvalue weighted by Gasteiger charge is 2.28. The molecule has 4 rings (SSSR count). The summed E-state index contributed by atoms with van der Waals surface area (Å²) >= 11 is 0. The van der Waals surface area contributed by atoms with Crippen molar-refractivity contribution >= 4 is 23.5 Å². The van der Waals surface area contributed by atoms with Crippen molar-refractivity contribution in [3.8, 4) is 17.2 Å². The second kappa shape index (κ2) is 13.9. The Morgan fingerprint density at radius 3 is 2.52 bits per heavy atom. The van der Waals surface area contributed by atoms with Crippen molar-refractivity contribution in [1.29, 1.82) is 0 Å². The molecule has 0 atom stereocenters. The Balaban J connectivity index is 1.43. The number of nitrogens with one attached hydrogen (secondary N) is 1. The van der Waals surface area contributed by atoms with Gasteiger partial charge in [-0.15, -0.1) is 0 Å². The minimum Gasteiger partial charge on any atom is -0.496 e. The Labute approximate surface area is 236 Å². The summed E-state index contributed by atoms with van der Waals surface area (Å²) in [5.74, 6) is 1.67. The number of unbranched alkanes of at least 4 members (excludes halogenated alkanes) is 2. The van der Waals surface area contributed by atoms with Gasteiger partial charge in [0, 0.05) is 43.5 Å². The Bertz CT molecular complexity index is 1200. The fraction of sp³-hybridized carbons (Fsp3) is 0.500. The van der Waals surface area contributed by atoms with E-state index in [2.05, 4.69) is 12.2 Å². The quantitative estimate of drug-likeness (QED) is 0.404. The standard InChI is InChI=1S/C30H40N4O6/c1-4-5-6-16-40-27-19-24(10-11-25(27)38-2)34-14-7-13-33(30(34)37)20-23-9-8-22(17-26(23)39-3)18-29(36)32-15-12-31-28(35)21-32/h8-11,17,19H,4-7,12-16,18,20-21H2,1-3H3,(H,31,35). The number of hydrogen-bond donors (Lipinski definition) is 1. The van der Waals surface area contributed by atoms with Gasteiger partial charge in [0.1, 0.15) is 5.75 Å². The van der Waals surface area contributed by atoms with E-state index in [-0.39, 0.29) is 30.8 Å². The molecule has 0 radical (unpaired) electrons. The molecule has 2 saturated heterocycles. The zero-order valence-electron chi connectivity index (χ0n) is 23.7. The van der Waals surface area contributed by atoms with E-state index in [9.17, 15) is 14.4 Å². The van der Waals surface area contributed by atoms with Gasteiger partial charge in [0.25, 0.3) is 0 Å². The minimum absolute atomic E-state index is 0.0852. The lowest BCUT2D eigenvalue weighted by molar-refractivity contribution is -0.137. The van der Waals surface area contributed by atoms with Gasteiger partial charge in [0.05, 0.1) is 40.3 Å². The molecule has 10 nitrogen and oxygen atoms in total. The number of benzene rings is 2. The van der Waals surface area contributed by atoms with Crippen LogP contribution in [0.4, 0.5) is 10.5 Å². The highest BCUT2D eigenvalue weighted by Crippen LogP contribution is 2.34. The van der Waals surface area contributed by atoms with Crippen molar-refractivity contribution in [2.45, 2.75) is 45.6 Å². The molecule has 40 heavy (non-hydrogen) atoms. The number of piperazine rings is 1. The van der Waals surface area contributed by atoms with Crippen LogP contribution >= 0.6 is 0 Å². The molecule has 2 aromatic carbocycles. The van der Waals surface area contributed by atoms with E-state index in [0.717, 1.165) is 42.5 Å². The van der Waals surface area contributed by atoms with Crippen LogP contribution in [0.25, 0.3) is 0 Å². The maximum atomic E-state index is 13.6. The SMILES string of the molecule is CCCCCOc1cc(N2CCCN(Cc3ccc(CC(=O)N4CCNC(=O)C4)cc3OC)C2=O)ccc1OC. The average molecular weight is 553 g/mol.